The summed E-state index contributed by atoms with van der Waals surface area (Å²) in [6.45, 7) is 2.02. The van der Waals surface area contributed by atoms with Crippen molar-refractivity contribution in [1.29, 1.82) is 0 Å². The van der Waals surface area contributed by atoms with Crippen molar-refractivity contribution in [1.82, 2.24) is 15.1 Å². The number of rotatable bonds is 11. The Morgan fingerprint density at radius 2 is 1.74 bits per heavy atom. The molecule has 1 heterocycles. The summed E-state index contributed by atoms with van der Waals surface area (Å²) in [5.74, 6) is 0.459. The lowest BCUT2D eigenvalue weighted by molar-refractivity contribution is -0.137. The molecule has 1 N–H and O–H groups in total. The van der Waals surface area contributed by atoms with E-state index in [2.05, 4.69) is 15.5 Å². The summed E-state index contributed by atoms with van der Waals surface area (Å²) in [6.07, 6.45) is -3.95. The fourth-order valence-corrected chi connectivity index (χ4v) is 4.40. The van der Waals surface area contributed by atoms with Crippen LogP contribution >= 0.6 is 22.9 Å². The van der Waals surface area contributed by atoms with Gasteiger partial charge in [-0.05, 0) is 43.2 Å². The lowest BCUT2D eigenvalue weighted by Crippen LogP contribution is -2.39. The van der Waals surface area contributed by atoms with Crippen LogP contribution in [0.3, 0.4) is 0 Å². The third-order valence-electron chi connectivity index (χ3n) is 5.51. The number of hydrogen-bond donors (Lipinski definition) is 1. The largest absolute Gasteiger partial charge is 0.493 e. The minimum atomic E-state index is -4.43. The molecule has 8 nitrogen and oxygen atoms in total. The topological polar surface area (TPSA) is 93.6 Å². The Kier molecular flexibility index (Phi) is 9.92. The van der Waals surface area contributed by atoms with Gasteiger partial charge in [-0.1, -0.05) is 29.5 Å². The molecule has 1 atom stereocenters. The number of carbonyl (C=O) groups is 2. The Bertz CT molecular complexity index is 1250. The molecule has 13 heteroatoms. The number of aromatic nitrogens is 2. The molecule has 1 aromatic heterocycles. The average Bonchev–Trinajstić information content (AvgIpc) is 3.36. The molecular formula is C25H26ClF3N4O4S. The average molecular weight is 571 g/mol. The predicted octanol–water partition coefficient (Wildman–Crippen LogP) is 5.27. The molecule has 0 bridgehead atoms. The maximum absolute atomic E-state index is 12.8. The van der Waals surface area contributed by atoms with Gasteiger partial charge in [0.2, 0.25) is 16.9 Å². The van der Waals surface area contributed by atoms with Gasteiger partial charge in [0.15, 0.2) is 11.5 Å². The van der Waals surface area contributed by atoms with Gasteiger partial charge in [0.1, 0.15) is 10.4 Å². The number of alkyl halides is 4. The molecule has 0 spiro atoms. The molecule has 2 aromatic carbocycles. The molecule has 3 aromatic rings. The Labute approximate surface area is 226 Å². The van der Waals surface area contributed by atoms with E-state index in [-0.39, 0.29) is 24.0 Å². The lowest BCUT2D eigenvalue weighted by atomic mass is 10.1. The van der Waals surface area contributed by atoms with E-state index in [0.29, 0.717) is 35.0 Å². The predicted molar refractivity (Wildman–Crippen MR) is 139 cm³/mol. The Hall–Kier alpha value is -3.38. The number of halogens is 4. The van der Waals surface area contributed by atoms with E-state index in [1.807, 2.05) is 12.1 Å². The third kappa shape index (κ3) is 7.81. The van der Waals surface area contributed by atoms with Crippen molar-refractivity contribution in [2.24, 2.45) is 0 Å². The second-order valence-corrected chi connectivity index (χ2v) is 9.80. The van der Waals surface area contributed by atoms with Gasteiger partial charge in [-0.3, -0.25) is 9.59 Å². The number of anilines is 1. The molecule has 0 aliphatic rings. The van der Waals surface area contributed by atoms with Crippen LogP contribution in [0.2, 0.25) is 0 Å². The second-order valence-electron chi connectivity index (χ2n) is 8.17. The molecule has 38 heavy (non-hydrogen) atoms. The van der Waals surface area contributed by atoms with Crippen LogP contribution in [0.15, 0.2) is 42.5 Å². The minimum Gasteiger partial charge on any atom is -0.493 e. The summed E-state index contributed by atoms with van der Waals surface area (Å²) in [7, 11) is 3.08. The fraction of sp³-hybridized carbons (Fsp3) is 0.360. The van der Waals surface area contributed by atoms with E-state index in [4.69, 9.17) is 21.1 Å². The molecule has 1 unspecified atom stereocenters. The first-order valence-electron chi connectivity index (χ1n) is 11.5. The van der Waals surface area contributed by atoms with E-state index in [0.717, 1.165) is 29.0 Å². The third-order valence-corrected chi connectivity index (χ3v) is 6.58. The summed E-state index contributed by atoms with van der Waals surface area (Å²) in [6, 6.07) is 9.97. The van der Waals surface area contributed by atoms with Crippen molar-refractivity contribution in [3.8, 4) is 22.1 Å². The van der Waals surface area contributed by atoms with Crippen LogP contribution in [-0.2, 0) is 22.2 Å². The minimum absolute atomic E-state index is 0.0174. The van der Waals surface area contributed by atoms with Crippen LogP contribution < -0.4 is 14.8 Å². The van der Waals surface area contributed by atoms with Gasteiger partial charge in [-0.25, -0.2) is 0 Å². The number of nitrogens with one attached hydrogen (secondary N) is 1. The van der Waals surface area contributed by atoms with Crippen molar-refractivity contribution < 1.29 is 32.2 Å². The standard InChI is InChI=1S/C25H26ClF3N4O4S/c1-15(26)23(35)33(12-10-16-4-9-19(36-2)20(14-16)37-3)13-11-21(34)30-24-32-31-22(38-24)17-5-7-18(8-6-17)25(27,28)29/h4-9,14-15H,10-13H2,1-3H3,(H,30,32,34). The highest BCUT2D eigenvalue weighted by Gasteiger charge is 2.30. The number of carbonyl (C=O) groups excluding carboxylic acids is 2. The van der Waals surface area contributed by atoms with Gasteiger partial charge in [0, 0.05) is 25.1 Å². The first kappa shape index (κ1) is 29.2. The Morgan fingerprint density at radius 3 is 2.34 bits per heavy atom. The second kappa shape index (κ2) is 12.9. The molecule has 0 radical (unpaired) electrons. The van der Waals surface area contributed by atoms with Gasteiger partial charge in [0.05, 0.1) is 19.8 Å². The van der Waals surface area contributed by atoms with Crippen LogP contribution in [0, 0.1) is 0 Å². The summed E-state index contributed by atoms with van der Waals surface area (Å²) in [4.78, 5) is 26.7. The molecule has 0 aliphatic carbocycles. The van der Waals surface area contributed by atoms with E-state index < -0.39 is 23.0 Å². The van der Waals surface area contributed by atoms with Gasteiger partial charge in [-0.15, -0.1) is 21.8 Å². The normalized spacial score (nSPS) is 12.1. The lowest BCUT2D eigenvalue weighted by Gasteiger charge is -2.24. The molecule has 2 amide bonds. The van der Waals surface area contributed by atoms with Crippen molar-refractivity contribution in [2.75, 3.05) is 32.6 Å². The quantitative estimate of drug-likeness (QED) is 0.316. The monoisotopic (exact) mass is 570 g/mol. The highest BCUT2D eigenvalue weighted by molar-refractivity contribution is 7.18. The highest BCUT2D eigenvalue weighted by atomic mass is 35.5. The van der Waals surface area contributed by atoms with Crippen LogP contribution in [0.1, 0.15) is 24.5 Å². The van der Waals surface area contributed by atoms with Gasteiger partial charge in [-0.2, -0.15) is 13.2 Å². The SMILES string of the molecule is COc1ccc(CCN(CCC(=O)Nc2nnc(-c3ccc(C(F)(F)F)cc3)s2)C(=O)C(C)Cl)cc1OC. The van der Waals surface area contributed by atoms with E-state index in [1.165, 1.54) is 24.1 Å². The van der Waals surface area contributed by atoms with E-state index in [1.54, 1.807) is 20.1 Å². The highest BCUT2D eigenvalue weighted by Crippen LogP contribution is 2.32. The zero-order chi connectivity index (χ0) is 27.9. The molecule has 204 valence electrons. The van der Waals surface area contributed by atoms with Crippen LogP contribution in [0.5, 0.6) is 11.5 Å². The van der Waals surface area contributed by atoms with Crippen molar-refractivity contribution in [3.63, 3.8) is 0 Å². The maximum atomic E-state index is 12.8. The molecule has 0 saturated carbocycles. The Balaban J connectivity index is 1.59. The number of hydrogen-bond acceptors (Lipinski definition) is 7. The molecular weight excluding hydrogens is 545 g/mol. The zero-order valence-electron chi connectivity index (χ0n) is 20.8. The van der Waals surface area contributed by atoms with Gasteiger partial charge < -0.3 is 19.7 Å². The first-order valence-corrected chi connectivity index (χ1v) is 12.7. The summed E-state index contributed by atoms with van der Waals surface area (Å²) >= 11 is 7.05. The Morgan fingerprint density at radius 1 is 1.05 bits per heavy atom. The van der Waals surface area contributed by atoms with Crippen LogP contribution in [-0.4, -0.2) is 59.6 Å². The zero-order valence-corrected chi connectivity index (χ0v) is 22.4. The summed E-state index contributed by atoms with van der Waals surface area (Å²) < 4.78 is 48.9. The molecule has 0 fully saturated rings. The molecule has 3 rings (SSSR count). The first-order chi connectivity index (χ1) is 18.0. The van der Waals surface area contributed by atoms with Gasteiger partial charge >= 0.3 is 6.18 Å². The van der Waals surface area contributed by atoms with Crippen molar-refractivity contribution in [2.45, 2.75) is 31.3 Å². The van der Waals surface area contributed by atoms with Crippen LogP contribution in [0.25, 0.3) is 10.6 Å². The number of amides is 2. The number of ether oxygens (including phenoxy) is 2. The van der Waals surface area contributed by atoms with E-state index >= 15 is 0 Å². The van der Waals surface area contributed by atoms with Gasteiger partial charge in [0.25, 0.3) is 0 Å². The van der Waals surface area contributed by atoms with Crippen LogP contribution in [0.4, 0.5) is 18.3 Å². The number of methoxy groups -OCH3 is 2. The smallest absolute Gasteiger partial charge is 0.416 e. The van der Waals surface area contributed by atoms with E-state index in [9.17, 15) is 22.8 Å². The maximum Gasteiger partial charge on any atom is 0.416 e. The van der Waals surface area contributed by atoms with Crippen molar-refractivity contribution in [3.05, 3.63) is 53.6 Å². The number of benzene rings is 2. The molecule has 0 saturated heterocycles. The fourth-order valence-electron chi connectivity index (χ4n) is 3.49. The summed E-state index contributed by atoms with van der Waals surface area (Å²) in [5, 5.41) is 10.2. The number of nitrogens with zero attached hydrogens (tertiary/aromatic N) is 3. The summed E-state index contributed by atoms with van der Waals surface area (Å²) in [5.41, 5.74) is 0.589. The van der Waals surface area contributed by atoms with Crippen molar-refractivity contribution >= 4 is 39.9 Å². The molecule has 0 aliphatic heterocycles.